The molecule has 8 unspecified atom stereocenters. The summed E-state index contributed by atoms with van der Waals surface area (Å²) < 4.78 is 0. The van der Waals surface area contributed by atoms with Crippen molar-refractivity contribution < 1.29 is 0 Å². The summed E-state index contributed by atoms with van der Waals surface area (Å²) in [6.45, 7) is 33.3. The first kappa shape index (κ1) is 46.8. The van der Waals surface area contributed by atoms with E-state index in [1.807, 2.05) is 0 Å². The highest BCUT2D eigenvalue weighted by Gasteiger charge is 2.27. The van der Waals surface area contributed by atoms with Crippen LogP contribution in [0.15, 0.2) is 72.8 Å². The molecule has 0 radical (unpaired) electrons. The van der Waals surface area contributed by atoms with Gasteiger partial charge in [-0.1, -0.05) is 86.6 Å². The Balaban J connectivity index is 1.02. The van der Waals surface area contributed by atoms with E-state index < -0.39 is 0 Å². The van der Waals surface area contributed by atoms with Gasteiger partial charge >= 0.3 is 0 Å². The zero-order chi connectivity index (χ0) is 46.1. The molecule has 4 saturated heterocycles. The van der Waals surface area contributed by atoms with E-state index in [2.05, 4.69) is 160 Å². The van der Waals surface area contributed by atoms with Gasteiger partial charge in [0.2, 0.25) is 0 Å². The summed E-state index contributed by atoms with van der Waals surface area (Å²) in [6.07, 6.45) is 0. The molecule has 0 spiro atoms. The summed E-state index contributed by atoms with van der Waals surface area (Å²) in [7, 11) is 4.67. The molecule has 8 heterocycles. The lowest BCUT2D eigenvalue weighted by molar-refractivity contribution is 0.148. The lowest BCUT2D eigenvalue weighted by Gasteiger charge is -2.29. The van der Waals surface area contributed by atoms with Crippen LogP contribution in [0.3, 0.4) is 0 Å². The Morgan fingerprint density at radius 2 is 0.426 bits per heavy atom. The van der Waals surface area contributed by atoms with Crippen molar-refractivity contribution >= 4 is 0 Å². The van der Waals surface area contributed by atoms with Gasteiger partial charge in [0.05, 0.1) is 40.0 Å². The van der Waals surface area contributed by atoms with Crippen molar-refractivity contribution in [2.45, 2.75) is 92.4 Å². The van der Waals surface area contributed by atoms with Crippen LogP contribution in [0.1, 0.15) is 80.6 Å². The van der Waals surface area contributed by atoms with E-state index in [-0.39, 0.29) is 0 Å². The smallest absolute Gasteiger partial charge is 0.0513 e. The molecule has 8 aliphatic heterocycles. The number of benzene rings is 4. The zero-order valence-corrected chi connectivity index (χ0v) is 42.1. The molecular formula is C56H80N12. The van der Waals surface area contributed by atoms with Crippen LogP contribution in [-0.2, 0) is 78.5 Å². The highest BCUT2D eigenvalue weighted by molar-refractivity contribution is 5.34. The average molecular weight is 921 g/mol. The van der Waals surface area contributed by atoms with Gasteiger partial charge in [-0.25, -0.2) is 0 Å². The summed E-state index contributed by atoms with van der Waals surface area (Å²) >= 11 is 0. The van der Waals surface area contributed by atoms with Gasteiger partial charge in [0, 0.05) is 131 Å². The molecule has 12 rings (SSSR count). The van der Waals surface area contributed by atoms with Gasteiger partial charge < -0.3 is 0 Å². The molecule has 4 fully saturated rings. The van der Waals surface area contributed by atoms with Crippen LogP contribution < -0.4 is 0 Å². The van der Waals surface area contributed by atoms with Crippen molar-refractivity contribution in [3.05, 3.63) is 140 Å². The molecule has 68 heavy (non-hydrogen) atoms. The molecule has 0 aliphatic carbocycles. The summed E-state index contributed by atoms with van der Waals surface area (Å²) in [6, 6.07) is 30.5. The third-order valence-corrected chi connectivity index (χ3v) is 15.7. The molecule has 12 heteroatoms. The standard InChI is InChI=1S/C56H80N12/c1-5-59-29-47-19-53-25-55(21-47)37-67-13-14-68(44-67)38-56-22-48-20-54(26-56)36-66-12-10-63(43-66)33-51-17-45(27-57(3)39-59)15-49(23-51)31-61-7-8-62(41-61)32-50-16-46(28-58(4)40-60(6-2)30-48)18-52(24-50)34-64-9-11-65(35-53)42-64/h15-26H,5-14,27-44H2,1-4H3. The topological polar surface area (TPSA) is 38.9 Å². The minimum absolute atomic E-state index is 0.941. The van der Waals surface area contributed by atoms with Gasteiger partial charge in [0.15, 0.2) is 0 Å². The van der Waals surface area contributed by atoms with Crippen LogP contribution in [0.2, 0.25) is 0 Å². The first-order valence-corrected chi connectivity index (χ1v) is 26.2. The lowest BCUT2D eigenvalue weighted by Crippen LogP contribution is -2.35. The maximum atomic E-state index is 2.70. The van der Waals surface area contributed by atoms with Gasteiger partial charge in [-0.15, -0.1) is 0 Å². The van der Waals surface area contributed by atoms with E-state index in [0.717, 1.165) is 184 Å². The number of hydrogen-bond acceptors (Lipinski definition) is 12. The van der Waals surface area contributed by atoms with E-state index in [9.17, 15) is 0 Å². The predicted molar refractivity (Wildman–Crippen MR) is 273 cm³/mol. The number of rotatable bonds is 2. The third kappa shape index (κ3) is 11.9. The normalized spacial score (nSPS) is 30.2. The van der Waals surface area contributed by atoms with Gasteiger partial charge in [-0.3, -0.25) is 58.8 Å². The van der Waals surface area contributed by atoms with Crippen molar-refractivity contribution in [1.29, 1.82) is 0 Å². The fourth-order valence-corrected chi connectivity index (χ4v) is 12.8. The second-order valence-corrected chi connectivity index (χ2v) is 22.2. The molecule has 20 bridgehead atoms. The second-order valence-electron chi connectivity index (χ2n) is 22.2. The monoisotopic (exact) mass is 921 g/mol. The van der Waals surface area contributed by atoms with E-state index in [1.165, 1.54) is 66.8 Å². The minimum Gasteiger partial charge on any atom is -0.289 e. The van der Waals surface area contributed by atoms with Crippen LogP contribution in [0, 0.1) is 0 Å². The van der Waals surface area contributed by atoms with Gasteiger partial charge in [-0.2, -0.15) is 0 Å². The van der Waals surface area contributed by atoms with Crippen molar-refractivity contribution in [3.8, 4) is 0 Å². The largest absolute Gasteiger partial charge is 0.289 e. The van der Waals surface area contributed by atoms with Crippen molar-refractivity contribution in [2.75, 3.05) is 120 Å². The first-order chi connectivity index (χ1) is 33.1. The van der Waals surface area contributed by atoms with Gasteiger partial charge in [0.25, 0.3) is 0 Å². The molecule has 364 valence electrons. The SMILES string of the molecule is CCN1Cc2cc3cc(c2)CN2CCN(Cc4cc5cc(c4)CN4CCN(Cc6cc(cc(c6)CN6CCN(Cc7cc(cc(c7)CN7CCN(C3)C7)CN(C)CN(CC)C5)C6)CN(C)C1)C4)C2. The Kier molecular flexibility index (Phi) is 14.4. The molecule has 0 amide bonds. The molecule has 12 nitrogen and oxygen atoms in total. The zero-order valence-electron chi connectivity index (χ0n) is 42.1. The molecule has 8 atom stereocenters. The van der Waals surface area contributed by atoms with Crippen molar-refractivity contribution in [1.82, 2.24) is 58.8 Å². The van der Waals surface area contributed by atoms with Gasteiger partial charge in [0.1, 0.15) is 0 Å². The number of fused-ring (bicyclic) bond motifs is 8. The van der Waals surface area contributed by atoms with Crippen LogP contribution >= 0.6 is 0 Å². The number of hydrogen-bond donors (Lipinski definition) is 0. The van der Waals surface area contributed by atoms with Crippen LogP contribution in [0.5, 0.6) is 0 Å². The third-order valence-electron chi connectivity index (χ3n) is 15.7. The molecule has 0 aromatic heterocycles. The van der Waals surface area contributed by atoms with E-state index >= 15 is 0 Å². The molecule has 0 N–H and O–H groups in total. The fourth-order valence-electron chi connectivity index (χ4n) is 12.8. The molecule has 0 saturated carbocycles. The van der Waals surface area contributed by atoms with Gasteiger partial charge in [-0.05, 0) is 93.9 Å². The first-order valence-electron chi connectivity index (χ1n) is 26.2. The summed E-state index contributed by atoms with van der Waals surface area (Å²) in [5, 5.41) is 0. The summed E-state index contributed by atoms with van der Waals surface area (Å²) in [5.41, 5.74) is 17.5. The maximum absolute atomic E-state index is 2.70. The van der Waals surface area contributed by atoms with E-state index in [1.54, 1.807) is 0 Å². The fraction of sp³-hybridized carbons (Fsp3) is 0.571. The Morgan fingerprint density at radius 3 is 0.618 bits per heavy atom. The highest BCUT2D eigenvalue weighted by atomic mass is 15.4. The van der Waals surface area contributed by atoms with Crippen LogP contribution in [0.4, 0.5) is 0 Å². The van der Waals surface area contributed by atoms with E-state index in [4.69, 9.17) is 0 Å². The van der Waals surface area contributed by atoms with Crippen molar-refractivity contribution in [3.63, 3.8) is 0 Å². The summed E-state index contributed by atoms with van der Waals surface area (Å²) in [5.74, 6) is 0. The Bertz CT molecular complexity index is 2210. The average Bonchev–Trinajstić information content (AvgIpc) is 4.12. The van der Waals surface area contributed by atoms with Crippen LogP contribution in [-0.4, -0.2) is 178 Å². The quantitative estimate of drug-likeness (QED) is 0.254. The minimum atomic E-state index is 0.941. The maximum Gasteiger partial charge on any atom is 0.0513 e. The predicted octanol–water partition coefficient (Wildman–Crippen LogP) is 5.55. The molecular weight excluding hydrogens is 841 g/mol. The second kappa shape index (κ2) is 21.0. The molecule has 4 aromatic carbocycles. The lowest BCUT2D eigenvalue weighted by atomic mass is 10.0. The Hall–Kier alpha value is -3.60. The Labute approximate surface area is 408 Å². The molecule has 4 aromatic rings. The highest BCUT2D eigenvalue weighted by Crippen LogP contribution is 2.27. The van der Waals surface area contributed by atoms with Crippen molar-refractivity contribution in [2.24, 2.45) is 0 Å². The van der Waals surface area contributed by atoms with E-state index in [0.29, 0.717) is 0 Å². The Morgan fingerprint density at radius 1 is 0.250 bits per heavy atom. The molecule has 8 aliphatic rings. The van der Waals surface area contributed by atoms with Crippen LogP contribution in [0.25, 0.3) is 0 Å². The number of nitrogens with zero attached hydrogens (tertiary/aromatic N) is 12. The summed E-state index contributed by atoms with van der Waals surface area (Å²) in [4.78, 5) is 32.0.